The molecule has 212 valence electrons. The zero-order valence-electron chi connectivity index (χ0n) is 22.5. The SMILES string of the molecule is CC(C)c1ccccc1N1C(=O)CS/C1=N\N=C\c1ccc2c(ccn3c(-c4ccc(OC(F)(F)F)cc4)cnc23)c1. The van der Waals surface area contributed by atoms with Gasteiger partial charge in [-0.25, -0.2) is 4.98 Å². The highest BCUT2D eigenvalue weighted by atomic mass is 32.2. The Labute approximate surface area is 243 Å². The Morgan fingerprint density at radius 2 is 1.83 bits per heavy atom. The quantitative estimate of drug-likeness (QED) is 0.151. The summed E-state index contributed by atoms with van der Waals surface area (Å²) >= 11 is 1.36. The van der Waals surface area contributed by atoms with E-state index in [0.717, 1.165) is 33.3 Å². The molecule has 42 heavy (non-hydrogen) atoms. The van der Waals surface area contributed by atoms with Crippen LogP contribution in [0.2, 0.25) is 0 Å². The molecule has 1 aliphatic heterocycles. The van der Waals surface area contributed by atoms with Crippen molar-refractivity contribution in [2.45, 2.75) is 26.1 Å². The number of thioether (sulfide) groups is 1. The molecule has 1 aliphatic rings. The molecule has 0 spiro atoms. The molecule has 0 unspecified atom stereocenters. The normalized spacial score (nSPS) is 15.2. The van der Waals surface area contributed by atoms with Gasteiger partial charge in [-0.15, -0.1) is 18.3 Å². The van der Waals surface area contributed by atoms with Crippen molar-refractivity contribution in [1.29, 1.82) is 0 Å². The van der Waals surface area contributed by atoms with Crippen molar-refractivity contribution >= 4 is 51.2 Å². The van der Waals surface area contributed by atoms with Gasteiger partial charge < -0.3 is 4.74 Å². The molecule has 5 aromatic rings. The third kappa shape index (κ3) is 5.47. The number of imidazole rings is 1. The maximum atomic E-state index is 12.7. The highest BCUT2D eigenvalue weighted by molar-refractivity contribution is 8.15. The molecule has 1 fully saturated rings. The molecule has 0 aliphatic carbocycles. The first-order chi connectivity index (χ1) is 20.2. The number of ether oxygens (including phenoxy) is 1. The van der Waals surface area contributed by atoms with Crippen molar-refractivity contribution in [2.75, 3.05) is 10.7 Å². The minimum atomic E-state index is -4.74. The topological polar surface area (TPSA) is 71.6 Å². The standard InChI is InChI=1S/C31H24F3N5O2S/c1-19(2)24-5-3-4-6-26(24)39-28(40)18-42-30(39)37-36-16-20-7-12-25-22(15-20)13-14-38-27(17-35-29(25)38)21-8-10-23(11-9-21)41-31(32,33)34/h3-17,19H,18H2,1-2H3/b36-16+,37-30-. The molecule has 0 N–H and O–H groups in total. The zero-order chi connectivity index (χ0) is 29.4. The van der Waals surface area contributed by atoms with E-state index in [1.165, 1.54) is 23.9 Å². The van der Waals surface area contributed by atoms with Crippen LogP contribution < -0.4 is 9.64 Å². The molecule has 0 atom stereocenters. The number of hydrogen-bond acceptors (Lipinski definition) is 6. The van der Waals surface area contributed by atoms with Gasteiger partial charge in [-0.1, -0.05) is 49.9 Å². The number of alkyl halides is 3. The number of halogens is 3. The van der Waals surface area contributed by atoms with E-state index in [0.29, 0.717) is 22.1 Å². The van der Waals surface area contributed by atoms with E-state index < -0.39 is 6.36 Å². The van der Waals surface area contributed by atoms with E-state index in [2.05, 4.69) is 33.8 Å². The third-order valence-corrected chi connectivity index (χ3v) is 7.73. The van der Waals surface area contributed by atoms with Crippen LogP contribution >= 0.6 is 11.8 Å². The van der Waals surface area contributed by atoms with Crippen LogP contribution in [0.15, 0.2) is 95.4 Å². The fourth-order valence-electron chi connectivity index (χ4n) is 4.91. The monoisotopic (exact) mass is 587 g/mol. The number of amidine groups is 1. The molecule has 2 aromatic heterocycles. The number of rotatable bonds is 6. The van der Waals surface area contributed by atoms with Gasteiger partial charge in [-0.05, 0) is 71.0 Å². The van der Waals surface area contributed by atoms with Gasteiger partial charge in [-0.3, -0.25) is 14.1 Å². The van der Waals surface area contributed by atoms with Gasteiger partial charge in [0.05, 0.1) is 29.5 Å². The summed E-state index contributed by atoms with van der Waals surface area (Å²) in [4.78, 5) is 18.9. The predicted molar refractivity (Wildman–Crippen MR) is 160 cm³/mol. The smallest absolute Gasteiger partial charge is 0.406 e. The van der Waals surface area contributed by atoms with E-state index in [-0.39, 0.29) is 17.6 Å². The maximum Gasteiger partial charge on any atom is 0.573 e. The number of fused-ring (bicyclic) bond motifs is 3. The number of carbonyl (C=O) groups is 1. The van der Waals surface area contributed by atoms with Crippen molar-refractivity contribution < 1.29 is 22.7 Å². The van der Waals surface area contributed by atoms with E-state index >= 15 is 0 Å². The largest absolute Gasteiger partial charge is 0.573 e. The molecule has 1 saturated heterocycles. The number of amides is 1. The second-order valence-corrected chi connectivity index (χ2v) is 10.9. The summed E-state index contributed by atoms with van der Waals surface area (Å²) in [6, 6.07) is 21.3. The number of para-hydroxylation sites is 1. The number of anilines is 1. The van der Waals surface area contributed by atoms with Crippen molar-refractivity contribution in [1.82, 2.24) is 9.38 Å². The first kappa shape index (κ1) is 27.5. The molecule has 3 heterocycles. The summed E-state index contributed by atoms with van der Waals surface area (Å²) in [5, 5.41) is 11.1. The molecular formula is C31H24F3N5O2S. The van der Waals surface area contributed by atoms with Crippen molar-refractivity contribution in [3.63, 3.8) is 0 Å². The highest BCUT2D eigenvalue weighted by Gasteiger charge is 2.32. The molecule has 7 nitrogen and oxygen atoms in total. The van der Waals surface area contributed by atoms with Gasteiger partial charge >= 0.3 is 6.36 Å². The van der Waals surface area contributed by atoms with Gasteiger partial charge in [0.1, 0.15) is 11.4 Å². The Hall–Kier alpha value is -4.64. The van der Waals surface area contributed by atoms with Gasteiger partial charge in [0.15, 0.2) is 5.17 Å². The lowest BCUT2D eigenvalue weighted by molar-refractivity contribution is -0.274. The van der Waals surface area contributed by atoms with E-state index in [1.807, 2.05) is 59.1 Å². The Kier molecular flexibility index (Phi) is 7.19. The number of carbonyl (C=O) groups excluding carboxylic acids is 1. The van der Waals surface area contributed by atoms with Crippen LogP contribution in [0.4, 0.5) is 18.9 Å². The minimum Gasteiger partial charge on any atom is -0.406 e. The summed E-state index contributed by atoms with van der Waals surface area (Å²) in [6.07, 6.45) is 0.457. The van der Waals surface area contributed by atoms with E-state index in [4.69, 9.17) is 0 Å². The highest BCUT2D eigenvalue weighted by Crippen LogP contribution is 2.33. The van der Waals surface area contributed by atoms with Crippen molar-refractivity contribution in [3.05, 3.63) is 96.3 Å². The summed E-state index contributed by atoms with van der Waals surface area (Å²) in [6.45, 7) is 4.18. The second kappa shape index (κ2) is 11.0. The van der Waals surface area contributed by atoms with Crippen LogP contribution in [0.5, 0.6) is 5.75 Å². The number of nitrogens with zero attached hydrogens (tertiary/aromatic N) is 5. The summed E-state index contributed by atoms with van der Waals surface area (Å²) in [5.41, 5.74) is 4.87. The average Bonchev–Trinajstić information content (AvgIpc) is 3.56. The summed E-state index contributed by atoms with van der Waals surface area (Å²) in [5.74, 6) is 0.250. The lowest BCUT2D eigenvalue weighted by Crippen LogP contribution is -2.30. The maximum absolute atomic E-state index is 12.7. The molecule has 6 rings (SSSR count). The molecule has 3 aromatic carbocycles. The summed E-state index contributed by atoms with van der Waals surface area (Å²) in [7, 11) is 0. The minimum absolute atomic E-state index is 0.0265. The number of aromatic nitrogens is 2. The molecule has 11 heteroatoms. The molecule has 0 radical (unpaired) electrons. The van der Waals surface area contributed by atoms with Crippen LogP contribution in [0.1, 0.15) is 30.9 Å². The van der Waals surface area contributed by atoms with Gasteiger partial charge in [-0.2, -0.15) is 5.10 Å². The van der Waals surface area contributed by atoms with Crippen LogP contribution in [0, 0.1) is 0 Å². The van der Waals surface area contributed by atoms with Crippen LogP contribution in [0.3, 0.4) is 0 Å². The molecule has 0 bridgehead atoms. The second-order valence-electron chi connectivity index (χ2n) is 9.93. The van der Waals surface area contributed by atoms with Crippen molar-refractivity contribution in [2.24, 2.45) is 10.2 Å². The summed E-state index contributed by atoms with van der Waals surface area (Å²) < 4.78 is 43.4. The van der Waals surface area contributed by atoms with E-state index in [9.17, 15) is 18.0 Å². The number of pyridine rings is 1. The van der Waals surface area contributed by atoms with Gasteiger partial charge in [0.25, 0.3) is 0 Å². The fraction of sp³-hybridized carbons (Fsp3) is 0.161. The lowest BCUT2D eigenvalue weighted by atomic mass is 10.0. The molecule has 1 amide bonds. The average molecular weight is 588 g/mol. The number of hydrogen-bond donors (Lipinski definition) is 0. The van der Waals surface area contributed by atoms with Crippen LogP contribution in [-0.2, 0) is 4.79 Å². The van der Waals surface area contributed by atoms with Gasteiger partial charge in [0.2, 0.25) is 5.91 Å². The molecule has 0 saturated carbocycles. The first-order valence-electron chi connectivity index (χ1n) is 13.1. The third-order valence-electron chi connectivity index (χ3n) is 6.82. The Morgan fingerprint density at radius 3 is 2.60 bits per heavy atom. The van der Waals surface area contributed by atoms with Gasteiger partial charge in [0, 0.05) is 17.1 Å². The Morgan fingerprint density at radius 1 is 1.05 bits per heavy atom. The number of benzene rings is 3. The predicted octanol–water partition coefficient (Wildman–Crippen LogP) is 7.65. The Bertz CT molecular complexity index is 1860. The van der Waals surface area contributed by atoms with Crippen LogP contribution in [-0.4, -0.2) is 38.8 Å². The zero-order valence-corrected chi connectivity index (χ0v) is 23.4. The first-order valence-corrected chi connectivity index (χ1v) is 14.1. The Balaban J connectivity index is 1.25. The molecular weight excluding hydrogens is 563 g/mol. The fourth-order valence-corrected chi connectivity index (χ4v) is 5.72. The van der Waals surface area contributed by atoms with Crippen LogP contribution in [0.25, 0.3) is 27.7 Å². The van der Waals surface area contributed by atoms with E-state index in [1.54, 1.807) is 29.4 Å². The van der Waals surface area contributed by atoms with Crippen molar-refractivity contribution in [3.8, 4) is 17.0 Å². The lowest BCUT2D eigenvalue weighted by Gasteiger charge is -2.20.